The molecule has 8 heteroatoms. The molecule has 0 spiro atoms. The molecule has 0 atom stereocenters. The van der Waals surface area contributed by atoms with E-state index in [4.69, 9.17) is 23.2 Å². The van der Waals surface area contributed by atoms with Gasteiger partial charge in [-0.1, -0.05) is 23.2 Å². The third kappa shape index (κ3) is 3.64. The van der Waals surface area contributed by atoms with E-state index in [9.17, 15) is 19.2 Å². The molecule has 0 N–H and O–H groups in total. The highest BCUT2D eigenvalue weighted by molar-refractivity contribution is 6.42. The fourth-order valence-electron chi connectivity index (χ4n) is 2.02. The topological polar surface area (TPSA) is 74.8 Å². The quantitative estimate of drug-likeness (QED) is 0.826. The first-order valence-electron chi connectivity index (χ1n) is 6.19. The first kappa shape index (κ1) is 18.1. The molecule has 0 saturated carbocycles. The smallest absolute Gasteiger partial charge is 0.230 e. The molecule has 1 aromatic carbocycles. The fourth-order valence-corrected chi connectivity index (χ4v) is 2.66. The van der Waals surface area contributed by atoms with Crippen molar-refractivity contribution in [3.05, 3.63) is 22.2 Å². The standard InChI is InChI=1S/C14H14Cl2N2O4/c1-7(19)17(8(2)20)11-5-12(15)14(13(16)6-11)18(9(3)21)10(4)22/h5-6H,1-4H3. The van der Waals surface area contributed by atoms with E-state index in [0.717, 1.165) is 9.80 Å². The molecule has 0 unspecified atom stereocenters. The Morgan fingerprint density at radius 1 is 0.727 bits per heavy atom. The van der Waals surface area contributed by atoms with E-state index in [0.29, 0.717) is 0 Å². The lowest BCUT2D eigenvalue weighted by molar-refractivity contribution is -0.125. The number of imide groups is 2. The molecule has 4 amide bonds. The van der Waals surface area contributed by atoms with Crippen molar-refractivity contribution in [1.82, 2.24) is 0 Å². The Labute approximate surface area is 137 Å². The molecule has 1 aromatic rings. The zero-order valence-corrected chi connectivity index (χ0v) is 13.9. The van der Waals surface area contributed by atoms with Crippen LogP contribution in [0.5, 0.6) is 0 Å². The third-order valence-corrected chi connectivity index (χ3v) is 3.32. The van der Waals surface area contributed by atoms with Gasteiger partial charge in [-0.3, -0.25) is 24.1 Å². The summed E-state index contributed by atoms with van der Waals surface area (Å²) in [7, 11) is 0. The number of benzene rings is 1. The summed E-state index contributed by atoms with van der Waals surface area (Å²) in [5.41, 5.74) is 0.171. The van der Waals surface area contributed by atoms with Gasteiger partial charge in [-0.25, -0.2) is 4.90 Å². The van der Waals surface area contributed by atoms with Crippen molar-refractivity contribution in [3.63, 3.8) is 0 Å². The predicted molar refractivity (Wildman–Crippen MR) is 84.1 cm³/mol. The number of rotatable bonds is 2. The van der Waals surface area contributed by atoms with Crippen LogP contribution in [-0.2, 0) is 19.2 Å². The van der Waals surface area contributed by atoms with Crippen LogP contribution in [0.3, 0.4) is 0 Å². The summed E-state index contributed by atoms with van der Waals surface area (Å²) in [5.74, 6) is -2.14. The molecule has 0 aliphatic heterocycles. The van der Waals surface area contributed by atoms with Crippen LogP contribution in [0.4, 0.5) is 11.4 Å². The van der Waals surface area contributed by atoms with Crippen molar-refractivity contribution in [1.29, 1.82) is 0 Å². The summed E-state index contributed by atoms with van der Waals surface area (Å²) in [6.45, 7) is 4.82. The van der Waals surface area contributed by atoms with Gasteiger partial charge in [0.25, 0.3) is 0 Å². The van der Waals surface area contributed by atoms with E-state index >= 15 is 0 Å². The summed E-state index contributed by atoms with van der Waals surface area (Å²) < 4.78 is 0. The van der Waals surface area contributed by atoms with Crippen molar-refractivity contribution in [2.45, 2.75) is 27.7 Å². The van der Waals surface area contributed by atoms with Gasteiger partial charge < -0.3 is 0 Å². The van der Waals surface area contributed by atoms with Gasteiger partial charge in [0.15, 0.2) is 0 Å². The number of anilines is 2. The number of halogens is 2. The van der Waals surface area contributed by atoms with Crippen molar-refractivity contribution in [2.75, 3.05) is 9.80 Å². The zero-order valence-electron chi connectivity index (χ0n) is 12.4. The van der Waals surface area contributed by atoms with Crippen LogP contribution in [0, 0.1) is 0 Å². The number of amides is 4. The minimum absolute atomic E-state index is 0.0131. The largest absolute Gasteiger partial charge is 0.274 e. The number of hydrogen-bond donors (Lipinski definition) is 0. The lowest BCUT2D eigenvalue weighted by Gasteiger charge is -2.23. The lowest BCUT2D eigenvalue weighted by Crippen LogP contribution is -2.35. The average Bonchev–Trinajstić information content (AvgIpc) is 2.31. The molecule has 0 aromatic heterocycles. The summed E-state index contributed by atoms with van der Waals surface area (Å²) >= 11 is 12.2. The van der Waals surface area contributed by atoms with Gasteiger partial charge in [0, 0.05) is 27.7 Å². The molecule has 0 aliphatic rings. The second kappa shape index (κ2) is 6.89. The van der Waals surface area contributed by atoms with Gasteiger partial charge in [-0.05, 0) is 12.1 Å². The van der Waals surface area contributed by atoms with Crippen LogP contribution in [0.1, 0.15) is 27.7 Å². The van der Waals surface area contributed by atoms with Crippen molar-refractivity contribution < 1.29 is 19.2 Å². The summed E-state index contributed by atoms with van der Waals surface area (Å²) in [6, 6.07) is 2.59. The highest BCUT2D eigenvalue weighted by atomic mass is 35.5. The van der Waals surface area contributed by atoms with E-state index in [2.05, 4.69) is 0 Å². The van der Waals surface area contributed by atoms with Gasteiger partial charge in [-0.2, -0.15) is 0 Å². The number of carbonyl (C=O) groups excluding carboxylic acids is 4. The van der Waals surface area contributed by atoms with Crippen LogP contribution in [0.15, 0.2) is 12.1 Å². The van der Waals surface area contributed by atoms with Crippen LogP contribution in [-0.4, -0.2) is 23.6 Å². The van der Waals surface area contributed by atoms with Crippen LogP contribution in [0.25, 0.3) is 0 Å². The maximum Gasteiger partial charge on any atom is 0.230 e. The van der Waals surface area contributed by atoms with E-state index in [1.807, 2.05) is 0 Å². The Morgan fingerprint density at radius 3 is 1.32 bits per heavy atom. The van der Waals surface area contributed by atoms with E-state index in [1.165, 1.54) is 39.8 Å². The molecular formula is C14H14Cl2N2O4. The van der Waals surface area contributed by atoms with Gasteiger partial charge in [0.2, 0.25) is 23.6 Å². The van der Waals surface area contributed by atoms with Gasteiger partial charge in [0.1, 0.15) is 0 Å². The second-order valence-electron chi connectivity index (χ2n) is 4.50. The van der Waals surface area contributed by atoms with Crippen LogP contribution in [0.2, 0.25) is 10.0 Å². The van der Waals surface area contributed by atoms with E-state index in [-0.39, 0.29) is 21.4 Å². The highest BCUT2D eigenvalue weighted by Crippen LogP contribution is 2.38. The van der Waals surface area contributed by atoms with Gasteiger partial charge in [0.05, 0.1) is 21.4 Å². The Balaban J connectivity index is 3.51. The summed E-state index contributed by atoms with van der Waals surface area (Å²) in [6.07, 6.45) is 0. The second-order valence-corrected chi connectivity index (χ2v) is 5.32. The minimum atomic E-state index is -0.556. The number of carbonyl (C=O) groups is 4. The zero-order chi connectivity index (χ0) is 17.2. The lowest BCUT2D eigenvalue weighted by atomic mass is 10.2. The SMILES string of the molecule is CC(=O)N(C(C)=O)c1cc(Cl)c(N(C(C)=O)C(C)=O)c(Cl)c1. The van der Waals surface area contributed by atoms with Gasteiger partial charge in [-0.15, -0.1) is 0 Å². The molecule has 6 nitrogen and oxygen atoms in total. The Hall–Kier alpha value is -1.92. The van der Waals surface area contributed by atoms with E-state index in [1.54, 1.807) is 0 Å². The maximum atomic E-state index is 11.6. The van der Waals surface area contributed by atoms with Crippen molar-refractivity contribution in [3.8, 4) is 0 Å². The molecule has 0 radical (unpaired) electrons. The first-order chi connectivity index (χ1) is 10.1. The Bertz CT molecular complexity index is 622. The first-order valence-corrected chi connectivity index (χ1v) is 6.95. The van der Waals surface area contributed by atoms with Crippen LogP contribution < -0.4 is 9.80 Å². The van der Waals surface area contributed by atoms with Crippen molar-refractivity contribution >= 4 is 58.2 Å². The normalized spacial score (nSPS) is 10.1. The Kier molecular flexibility index (Phi) is 5.68. The molecule has 0 saturated heterocycles. The molecule has 22 heavy (non-hydrogen) atoms. The molecule has 118 valence electrons. The Morgan fingerprint density at radius 2 is 1.05 bits per heavy atom. The number of hydrogen-bond acceptors (Lipinski definition) is 4. The average molecular weight is 345 g/mol. The predicted octanol–water partition coefficient (Wildman–Crippen LogP) is 2.79. The van der Waals surface area contributed by atoms with E-state index < -0.39 is 23.6 Å². The molecule has 1 rings (SSSR count). The monoisotopic (exact) mass is 344 g/mol. The summed E-state index contributed by atoms with van der Waals surface area (Å²) in [4.78, 5) is 48.0. The highest BCUT2D eigenvalue weighted by Gasteiger charge is 2.25. The molecule has 0 aliphatic carbocycles. The van der Waals surface area contributed by atoms with Gasteiger partial charge >= 0.3 is 0 Å². The number of nitrogens with zero attached hydrogens (tertiary/aromatic N) is 2. The molecular weight excluding hydrogens is 331 g/mol. The molecule has 0 fully saturated rings. The van der Waals surface area contributed by atoms with Crippen molar-refractivity contribution in [2.24, 2.45) is 0 Å². The summed E-state index contributed by atoms with van der Waals surface area (Å²) in [5, 5.41) is -0.0548. The maximum absolute atomic E-state index is 11.6. The van der Waals surface area contributed by atoms with Crippen LogP contribution >= 0.6 is 23.2 Å². The third-order valence-electron chi connectivity index (χ3n) is 2.74. The minimum Gasteiger partial charge on any atom is -0.274 e. The fraction of sp³-hybridized carbons (Fsp3) is 0.286. The molecule has 0 heterocycles. The molecule has 0 bridgehead atoms.